The van der Waals surface area contributed by atoms with Crippen LogP contribution >= 0.6 is 0 Å². The van der Waals surface area contributed by atoms with Gasteiger partial charge in [0.05, 0.1) is 0 Å². The van der Waals surface area contributed by atoms with Gasteiger partial charge in [-0.15, -0.1) is 0 Å². The zero-order valence-corrected chi connectivity index (χ0v) is 26.8. The summed E-state index contributed by atoms with van der Waals surface area (Å²) in [4.78, 5) is 0.0895. The van der Waals surface area contributed by atoms with Gasteiger partial charge in [0, 0.05) is 24.9 Å². The van der Waals surface area contributed by atoms with Crippen LogP contribution in [0.4, 0.5) is 0 Å². The molecule has 0 amide bonds. The van der Waals surface area contributed by atoms with Crippen molar-refractivity contribution in [2.45, 2.75) is 121 Å². The van der Waals surface area contributed by atoms with Crippen molar-refractivity contribution in [2.24, 2.45) is 0 Å². The molecule has 0 unspecified atom stereocenters. The molecule has 37 heavy (non-hydrogen) atoms. The summed E-state index contributed by atoms with van der Waals surface area (Å²) >= 11 is 0. The predicted octanol–water partition coefficient (Wildman–Crippen LogP) is 10.0. The van der Waals surface area contributed by atoms with Crippen molar-refractivity contribution in [1.82, 2.24) is 0 Å². The summed E-state index contributed by atoms with van der Waals surface area (Å²) < 4.78 is 34.7. The van der Waals surface area contributed by atoms with Gasteiger partial charge in [0.1, 0.15) is 4.90 Å². The topological polar surface area (TPSA) is 54.4 Å². The summed E-state index contributed by atoms with van der Waals surface area (Å²) in [6.07, 6.45) is 21.7. The van der Waals surface area contributed by atoms with Crippen LogP contribution in [0.3, 0.4) is 0 Å². The van der Waals surface area contributed by atoms with E-state index in [1.807, 2.05) is 48.5 Å². The van der Waals surface area contributed by atoms with Gasteiger partial charge in [0.15, 0.2) is 0 Å². The maximum Gasteiger partial charge on any atom is 0.295 e. The Morgan fingerprint density at radius 3 is 1.54 bits per heavy atom. The fraction of sp³-hybridized carbons (Fsp3) is 0.562. The Morgan fingerprint density at radius 1 is 0.595 bits per heavy atom. The molecular weight excluding hydrogens is 530 g/mol. The standard InChI is InChI=1S/C32H46O3S.Zn/c1-2-3-4-5-6-7-8-9-10-11-12-13-14-15-16-17-20-27-23-24-30-25-28-21-18-19-22-29(28)26-31(30)32(27)36(33,34)35;/h18-19,21-26H,2-17,20H2,1H3,(H,33,34,35);. The van der Waals surface area contributed by atoms with Crippen molar-refractivity contribution in [1.29, 1.82) is 0 Å². The van der Waals surface area contributed by atoms with E-state index < -0.39 is 10.1 Å². The Hall–Kier alpha value is -1.29. The first-order chi connectivity index (χ1) is 17.5. The third-order valence-electron chi connectivity index (χ3n) is 7.48. The van der Waals surface area contributed by atoms with E-state index in [2.05, 4.69) is 6.92 Å². The molecule has 0 heterocycles. The minimum absolute atomic E-state index is 0. The summed E-state index contributed by atoms with van der Waals surface area (Å²) in [6.45, 7) is 2.27. The van der Waals surface area contributed by atoms with E-state index in [0.29, 0.717) is 11.8 Å². The number of hydrogen-bond acceptors (Lipinski definition) is 2. The fourth-order valence-corrected chi connectivity index (χ4v) is 6.35. The van der Waals surface area contributed by atoms with Crippen LogP contribution in [0, 0.1) is 0 Å². The molecule has 0 radical (unpaired) electrons. The first-order valence-corrected chi connectivity index (χ1v) is 15.9. The van der Waals surface area contributed by atoms with Crippen molar-refractivity contribution in [3.63, 3.8) is 0 Å². The monoisotopic (exact) mass is 574 g/mol. The number of hydrogen-bond donors (Lipinski definition) is 1. The number of fused-ring (bicyclic) bond motifs is 2. The largest absolute Gasteiger partial charge is 0.295 e. The molecule has 200 valence electrons. The molecule has 3 aromatic rings. The Kier molecular flexibility index (Phi) is 15.0. The molecule has 5 heteroatoms. The third-order valence-corrected chi connectivity index (χ3v) is 8.47. The van der Waals surface area contributed by atoms with Gasteiger partial charge >= 0.3 is 0 Å². The van der Waals surface area contributed by atoms with Gasteiger partial charge in [0.2, 0.25) is 0 Å². The molecule has 3 aromatic carbocycles. The minimum Gasteiger partial charge on any atom is -0.282 e. The molecule has 3 nitrogen and oxygen atoms in total. The predicted molar refractivity (Wildman–Crippen MR) is 155 cm³/mol. The average molecular weight is 576 g/mol. The third kappa shape index (κ3) is 10.8. The van der Waals surface area contributed by atoms with Gasteiger partial charge < -0.3 is 0 Å². The SMILES string of the molecule is CCCCCCCCCCCCCCCCCCc1ccc2cc3ccccc3cc2c1S(=O)(=O)O.[Zn]. The van der Waals surface area contributed by atoms with Crippen LogP contribution in [0.2, 0.25) is 0 Å². The van der Waals surface area contributed by atoms with Gasteiger partial charge in [-0.05, 0) is 46.7 Å². The van der Waals surface area contributed by atoms with Gasteiger partial charge in [0.25, 0.3) is 10.1 Å². The first kappa shape index (κ1) is 31.9. The van der Waals surface area contributed by atoms with E-state index in [4.69, 9.17) is 0 Å². The van der Waals surface area contributed by atoms with E-state index in [9.17, 15) is 13.0 Å². The molecule has 0 aliphatic rings. The number of aryl methyl sites for hydroxylation is 1. The molecular formula is C32H46O3SZn. The van der Waals surface area contributed by atoms with E-state index in [1.165, 1.54) is 89.9 Å². The van der Waals surface area contributed by atoms with E-state index in [-0.39, 0.29) is 24.4 Å². The maximum absolute atomic E-state index is 12.3. The Labute approximate surface area is 238 Å². The molecule has 0 atom stereocenters. The van der Waals surface area contributed by atoms with E-state index in [1.54, 1.807) is 0 Å². The number of benzene rings is 3. The van der Waals surface area contributed by atoms with Gasteiger partial charge in [-0.1, -0.05) is 140 Å². The smallest absolute Gasteiger partial charge is 0.282 e. The van der Waals surface area contributed by atoms with Gasteiger partial charge in [-0.25, -0.2) is 0 Å². The molecule has 0 spiro atoms. The zero-order valence-electron chi connectivity index (χ0n) is 23.0. The summed E-state index contributed by atoms with van der Waals surface area (Å²) in [5.74, 6) is 0. The molecule has 0 aliphatic carbocycles. The molecule has 1 N–H and O–H groups in total. The van der Waals surface area contributed by atoms with Crippen molar-refractivity contribution in [2.75, 3.05) is 0 Å². The van der Waals surface area contributed by atoms with E-state index in [0.717, 1.165) is 34.6 Å². The van der Waals surface area contributed by atoms with Crippen LogP contribution in [-0.4, -0.2) is 13.0 Å². The van der Waals surface area contributed by atoms with Crippen molar-refractivity contribution >= 4 is 31.7 Å². The maximum atomic E-state index is 12.3. The normalized spacial score (nSPS) is 11.7. The van der Waals surface area contributed by atoms with Gasteiger partial charge in [-0.2, -0.15) is 8.42 Å². The Balaban J connectivity index is 0.00000481. The van der Waals surface area contributed by atoms with Gasteiger partial charge in [-0.3, -0.25) is 4.55 Å². The second kappa shape index (κ2) is 17.3. The summed E-state index contributed by atoms with van der Waals surface area (Å²) in [5.41, 5.74) is 0.727. The van der Waals surface area contributed by atoms with Crippen molar-refractivity contribution in [3.05, 3.63) is 54.1 Å². The zero-order chi connectivity index (χ0) is 25.6. The molecule has 3 rings (SSSR count). The number of unbranched alkanes of at least 4 members (excludes halogenated alkanes) is 15. The van der Waals surface area contributed by atoms with Crippen LogP contribution in [-0.2, 0) is 36.0 Å². The summed E-state index contributed by atoms with van der Waals surface area (Å²) in [6, 6.07) is 15.7. The summed E-state index contributed by atoms with van der Waals surface area (Å²) in [7, 11) is -4.30. The first-order valence-electron chi connectivity index (χ1n) is 14.4. The molecule has 0 saturated carbocycles. The van der Waals surface area contributed by atoms with E-state index >= 15 is 0 Å². The average Bonchev–Trinajstić information content (AvgIpc) is 2.86. The second-order valence-corrected chi connectivity index (χ2v) is 11.9. The number of rotatable bonds is 18. The van der Waals surface area contributed by atoms with Crippen LogP contribution in [0.5, 0.6) is 0 Å². The van der Waals surface area contributed by atoms with Crippen LogP contribution in [0.15, 0.2) is 53.4 Å². The Bertz CT molecular complexity index is 1170. The van der Waals surface area contributed by atoms with Crippen LogP contribution in [0.1, 0.15) is 115 Å². The van der Waals surface area contributed by atoms with Crippen LogP contribution < -0.4 is 0 Å². The summed E-state index contributed by atoms with van der Waals surface area (Å²) in [5, 5.41) is 3.51. The molecule has 0 aliphatic heterocycles. The fourth-order valence-electron chi connectivity index (χ4n) is 5.40. The minimum atomic E-state index is -4.30. The van der Waals surface area contributed by atoms with Crippen LogP contribution in [0.25, 0.3) is 21.5 Å². The second-order valence-electron chi connectivity index (χ2n) is 10.5. The molecule has 0 fully saturated rings. The molecule has 0 saturated heterocycles. The van der Waals surface area contributed by atoms with Crippen molar-refractivity contribution in [3.8, 4) is 0 Å². The molecule has 0 bridgehead atoms. The van der Waals surface area contributed by atoms with Crippen molar-refractivity contribution < 1.29 is 32.4 Å². The molecule has 0 aromatic heterocycles. The Morgan fingerprint density at radius 2 is 1.05 bits per heavy atom. The quantitative estimate of drug-likeness (QED) is 0.0710.